The van der Waals surface area contributed by atoms with Gasteiger partial charge in [0.1, 0.15) is 17.8 Å². The lowest BCUT2D eigenvalue weighted by molar-refractivity contribution is -0.385. The Bertz CT molecular complexity index is 733. The van der Waals surface area contributed by atoms with Crippen molar-refractivity contribution in [1.82, 2.24) is 4.98 Å². The number of hydrogen-bond donors (Lipinski definition) is 2. The number of nitrogen functional groups attached to an aromatic ring is 1. The van der Waals surface area contributed by atoms with E-state index in [1.165, 1.54) is 12.1 Å². The number of aryl methyl sites for hydroxylation is 1. The minimum atomic E-state index is -0.702. The minimum absolute atomic E-state index is 0.148. The standard InChI is InChI=1S/C13H11FN4O3/c1-7-2-3-8(4-11(7)14)17-13(19)10-5-9(18(20)21)6-16-12(10)15/h2-6H,1H3,(H2,15,16)(H,17,19). The van der Waals surface area contributed by atoms with Crippen LogP contribution in [0.4, 0.5) is 21.6 Å². The van der Waals surface area contributed by atoms with Crippen molar-refractivity contribution >= 4 is 23.1 Å². The zero-order valence-electron chi connectivity index (χ0n) is 11.0. The summed E-state index contributed by atoms with van der Waals surface area (Å²) in [4.78, 5) is 25.6. The van der Waals surface area contributed by atoms with Crippen LogP contribution < -0.4 is 11.1 Å². The molecule has 8 heteroatoms. The van der Waals surface area contributed by atoms with E-state index in [2.05, 4.69) is 10.3 Å². The van der Waals surface area contributed by atoms with Gasteiger partial charge in [-0.25, -0.2) is 9.37 Å². The fourth-order valence-electron chi connectivity index (χ4n) is 1.62. The summed E-state index contributed by atoms with van der Waals surface area (Å²) < 4.78 is 13.4. The molecule has 0 fully saturated rings. The number of amides is 1. The molecule has 2 aromatic rings. The number of rotatable bonds is 3. The van der Waals surface area contributed by atoms with Gasteiger partial charge in [-0.3, -0.25) is 14.9 Å². The molecule has 0 aliphatic carbocycles. The van der Waals surface area contributed by atoms with Gasteiger partial charge in [-0.1, -0.05) is 6.07 Å². The van der Waals surface area contributed by atoms with Crippen LogP contribution in [0.5, 0.6) is 0 Å². The predicted molar refractivity (Wildman–Crippen MR) is 74.4 cm³/mol. The molecule has 0 saturated heterocycles. The first-order valence-electron chi connectivity index (χ1n) is 5.86. The van der Waals surface area contributed by atoms with Crippen molar-refractivity contribution < 1.29 is 14.1 Å². The van der Waals surface area contributed by atoms with E-state index in [1.807, 2.05) is 0 Å². The number of nitro groups is 1. The van der Waals surface area contributed by atoms with Gasteiger partial charge >= 0.3 is 0 Å². The minimum Gasteiger partial charge on any atom is -0.383 e. The number of hydrogen-bond acceptors (Lipinski definition) is 5. The van der Waals surface area contributed by atoms with Gasteiger partial charge in [0, 0.05) is 11.8 Å². The molecule has 3 N–H and O–H groups in total. The molecule has 0 atom stereocenters. The smallest absolute Gasteiger partial charge is 0.288 e. The lowest BCUT2D eigenvalue weighted by Gasteiger charge is -2.07. The molecule has 21 heavy (non-hydrogen) atoms. The van der Waals surface area contributed by atoms with Crippen molar-refractivity contribution in [2.45, 2.75) is 6.92 Å². The Kier molecular flexibility index (Phi) is 3.79. The monoisotopic (exact) mass is 290 g/mol. The average molecular weight is 290 g/mol. The summed E-state index contributed by atoms with van der Waals surface area (Å²) in [5.74, 6) is -1.32. The summed E-state index contributed by atoms with van der Waals surface area (Å²) in [5.41, 5.74) is 5.68. The molecule has 1 aromatic carbocycles. The van der Waals surface area contributed by atoms with E-state index in [0.29, 0.717) is 5.56 Å². The summed E-state index contributed by atoms with van der Waals surface area (Å²) >= 11 is 0. The Hall–Kier alpha value is -3.03. The Morgan fingerprint density at radius 2 is 2.14 bits per heavy atom. The maximum atomic E-state index is 13.4. The van der Waals surface area contributed by atoms with Crippen molar-refractivity contribution in [2.24, 2.45) is 0 Å². The van der Waals surface area contributed by atoms with Crippen LogP contribution in [0, 0.1) is 22.9 Å². The molecule has 0 aliphatic heterocycles. The van der Waals surface area contributed by atoms with Gasteiger partial charge in [-0.15, -0.1) is 0 Å². The molecule has 0 bridgehead atoms. The Balaban J connectivity index is 2.29. The number of anilines is 2. The van der Waals surface area contributed by atoms with Gasteiger partial charge < -0.3 is 11.1 Å². The number of nitrogens with two attached hydrogens (primary N) is 1. The Morgan fingerprint density at radius 3 is 2.76 bits per heavy atom. The molecule has 0 unspecified atom stereocenters. The molecule has 1 aromatic heterocycles. The second-order valence-corrected chi connectivity index (χ2v) is 4.30. The number of carbonyl (C=O) groups excluding carboxylic acids is 1. The molecule has 1 amide bonds. The molecule has 7 nitrogen and oxygen atoms in total. The maximum Gasteiger partial charge on any atom is 0.288 e. The summed E-state index contributed by atoms with van der Waals surface area (Å²) in [6.45, 7) is 1.59. The van der Waals surface area contributed by atoms with Crippen LogP contribution in [-0.2, 0) is 0 Å². The summed E-state index contributed by atoms with van der Waals surface area (Å²) in [6, 6.07) is 5.17. The second kappa shape index (κ2) is 5.53. The van der Waals surface area contributed by atoms with Crippen molar-refractivity contribution in [3.8, 4) is 0 Å². The van der Waals surface area contributed by atoms with Crippen LogP contribution in [0.25, 0.3) is 0 Å². The molecule has 2 rings (SSSR count). The quantitative estimate of drug-likeness (QED) is 0.665. The van der Waals surface area contributed by atoms with Crippen molar-refractivity contribution in [2.75, 3.05) is 11.1 Å². The van der Waals surface area contributed by atoms with Gasteiger partial charge in [0.25, 0.3) is 11.6 Å². The summed E-state index contributed by atoms with van der Waals surface area (Å²) in [5, 5.41) is 13.1. The van der Waals surface area contributed by atoms with E-state index in [0.717, 1.165) is 18.3 Å². The molecule has 1 heterocycles. The lowest BCUT2D eigenvalue weighted by atomic mass is 10.2. The maximum absolute atomic E-state index is 13.4. The van der Waals surface area contributed by atoms with Crippen LogP contribution in [-0.4, -0.2) is 15.8 Å². The zero-order chi connectivity index (χ0) is 15.6. The number of nitrogens with one attached hydrogen (secondary N) is 1. The van der Waals surface area contributed by atoms with E-state index in [1.54, 1.807) is 6.92 Å². The highest BCUT2D eigenvalue weighted by atomic mass is 19.1. The van der Waals surface area contributed by atoms with Gasteiger partial charge in [-0.05, 0) is 24.6 Å². The van der Waals surface area contributed by atoms with Crippen molar-refractivity contribution in [1.29, 1.82) is 0 Å². The third-order valence-electron chi connectivity index (χ3n) is 2.79. The number of carbonyl (C=O) groups is 1. The number of halogens is 1. The SMILES string of the molecule is Cc1ccc(NC(=O)c2cc([N+](=O)[O-])cnc2N)cc1F. The second-order valence-electron chi connectivity index (χ2n) is 4.30. The lowest BCUT2D eigenvalue weighted by Crippen LogP contribution is -2.15. The summed E-state index contributed by atoms with van der Waals surface area (Å²) in [6.07, 6.45) is 0.956. The van der Waals surface area contributed by atoms with Gasteiger partial charge in [0.05, 0.1) is 10.5 Å². The molecule has 0 aliphatic rings. The predicted octanol–water partition coefficient (Wildman–Crippen LogP) is 2.27. The molecule has 0 radical (unpaired) electrons. The molecule has 0 spiro atoms. The van der Waals surface area contributed by atoms with Crippen molar-refractivity contribution in [3.63, 3.8) is 0 Å². The Labute approximate surface area is 118 Å². The van der Waals surface area contributed by atoms with Crippen LogP contribution in [0.2, 0.25) is 0 Å². The number of pyridine rings is 1. The van der Waals surface area contributed by atoms with E-state index >= 15 is 0 Å². The summed E-state index contributed by atoms with van der Waals surface area (Å²) in [7, 11) is 0. The van der Waals surface area contributed by atoms with Gasteiger partial charge in [-0.2, -0.15) is 0 Å². The van der Waals surface area contributed by atoms with Gasteiger partial charge in [0.15, 0.2) is 0 Å². The first kappa shape index (κ1) is 14.4. The van der Waals surface area contributed by atoms with E-state index < -0.39 is 16.6 Å². The molecular formula is C13H11FN4O3. The van der Waals surface area contributed by atoms with Crippen LogP contribution in [0.3, 0.4) is 0 Å². The van der Waals surface area contributed by atoms with E-state index in [4.69, 9.17) is 5.73 Å². The van der Waals surface area contributed by atoms with Gasteiger partial charge in [0.2, 0.25) is 0 Å². The van der Waals surface area contributed by atoms with E-state index in [-0.39, 0.29) is 22.8 Å². The number of nitrogens with zero attached hydrogens (tertiary/aromatic N) is 2. The Morgan fingerprint density at radius 1 is 1.43 bits per heavy atom. The van der Waals surface area contributed by atoms with E-state index in [9.17, 15) is 19.3 Å². The van der Waals surface area contributed by atoms with Crippen LogP contribution >= 0.6 is 0 Å². The topological polar surface area (TPSA) is 111 Å². The average Bonchev–Trinajstić information content (AvgIpc) is 2.43. The fourth-order valence-corrected chi connectivity index (χ4v) is 1.62. The number of benzene rings is 1. The van der Waals surface area contributed by atoms with Crippen molar-refractivity contribution in [3.05, 3.63) is 57.5 Å². The highest BCUT2D eigenvalue weighted by Gasteiger charge is 2.17. The largest absolute Gasteiger partial charge is 0.383 e. The highest BCUT2D eigenvalue weighted by molar-refractivity contribution is 6.07. The third-order valence-corrected chi connectivity index (χ3v) is 2.79. The zero-order valence-corrected chi connectivity index (χ0v) is 11.0. The van der Waals surface area contributed by atoms with Crippen LogP contribution in [0.1, 0.15) is 15.9 Å². The molecular weight excluding hydrogens is 279 g/mol. The first-order valence-corrected chi connectivity index (χ1v) is 5.86. The fraction of sp³-hybridized carbons (Fsp3) is 0.0769. The number of aromatic nitrogens is 1. The molecule has 0 saturated carbocycles. The normalized spacial score (nSPS) is 10.2. The molecule has 108 valence electrons. The first-order chi connectivity index (χ1) is 9.88. The van der Waals surface area contributed by atoms with Crippen LogP contribution in [0.15, 0.2) is 30.5 Å². The highest BCUT2D eigenvalue weighted by Crippen LogP contribution is 2.19. The third kappa shape index (κ3) is 3.11.